The SMILES string of the molecule is Cc1cc(-c2cnn(C)c2)cc([C@H]2CN(CC(=O)Nc3nc(C)c(C)s3)CCO2)n1. The number of nitrogens with zero attached hydrogens (tertiary/aromatic N) is 5. The monoisotopic (exact) mass is 426 g/mol. The molecule has 1 N–H and O–H groups in total. The van der Waals surface area contributed by atoms with Crippen LogP contribution in [0.3, 0.4) is 0 Å². The van der Waals surface area contributed by atoms with Crippen LogP contribution in [0, 0.1) is 20.8 Å². The number of pyridine rings is 1. The van der Waals surface area contributed by atoms with Gasteiger partial charge in [0.25, 0.3) is 0 Å². The van der Waals surface area contributed by atoms with Gasteiger partial charge in [0.05, 0.1) is 30.7 Å². The molecule has 1 fully saturated rings. The molecular formula is C21H26N6O2S. The second kappa shape index (κ2) is 8.63. The van der Waals surface area contributed by atoms with E-state index in [1.807, 2.05) is 46.3 Å². The molecule has 158 valence electrons. The lowest BCUT2D eigenvalue weighted by atomic mass is 10.1. The molecule has 3 aromatic rings. The zero-order valence-corrected chi connectivity index (χ0v) is 18.5. The average molecular weight is 427 g/mol. The summed E-state index contributed by atoms with van der Waals surface area (Å²) in [5, 5.41) is 7.82. The molecule has 8 nitrogen and oxygen atoms in total. The van der Waals surface area contributed by atoms with Gasteiger partial charge < -0.3 is 10.1 Å². The first-order chi connectivity index (χ1) is 14.4. The number of aryl methyl sites for hydroxylation is 4. The number of hydrogen-bond acceptors (Lipinski definition) is 7. The molecule has 30 heavy (non-hydrogen) atoms. The number of nitrogens with one attached hydrogen (secondary N) is 1. The number of anilines is 1. The lowest BCUT2D eigenvalue weighted by Gasteiger charge is -2.32. The number of carbonyl (C=O) groups excluding carboxylic acids is 1. The molecule has 3 aromatic heterocycles. The molecule has 0 aliphatic carbocycles. The molecule has 1 aliphatic heterocycles. The Morgan fingerprint density at radius 2 is 2.10 bits per heavy atom. The maximum atomic E-state index is 12.5. The highest BCUT2D eigenvalue weighted by Gasteiger charge is 2.25. The molecule has 1 aliphatic rings. The number of hydrogen-bond donors (Lipinski definition) is 1. The van der Waals surface area contributed by atoms with E-state index in [0.29, 0.717) is 31.4 Å². The second-order valence-corrected chi connectivity index (χ2v) is 8.83. The van der Waals surface area contributed by atoms with E-state index in [-0.39, 0.29) is 12.0 Å². The first-order valence-corrected chi connectivity index (χ1v) is 10.7. The van der Waals surface area contributed by atoms with Crippen molar-refractivity contribution < 1.29 is 9.53 Å². The molecule has 4 rings (SSSR count). The van der Waals surface area contributed by atoms with Crippen LogP contribution < -0.4 is 5.32 Å². The summed E-state index contributed by atoms with van der Waals surface area (Å²) in [6.07, 6.45) is 3.66. The zero-order chi connectivity index (χ0) is 21.3. The van der Waals surface area contributed by atoms with Crippen molar-refractivity contribution in [2.45, 2.75) is 26.9 Å². The van der Waals surface area contributed by atoms with E-state index in [2.05, 4.69) is 26.4 Å². The third kappa shape index (κ3) is 4.75. The van der Waals surface area contributed by atoms with E-state index in [9.17, 15) is 4.79 Å². The normalized spacial score (nSPS) is 17.3. The van der Waals surface area contributed by atoms with Crippen LogP contribution in [0.15, 0.2) is 24.5 Å². The third-order valence-corrected chi connectivity index (χ3v) is 6.12. The van der Waals surface area contributed by atoms with E-state index in [0.717, 1.165) is 33.1 Å². The topological polar surface area (TPSA) is 85.2 Å². The van der Waals surface area contributed by atoms with Gasteiger partial charge in [-0.25, -0.2) is 4.98 Å². The van der Waals surface area contributed by atoms with E-state index in [1.54, 1.807) is 4.68 Å². The first-order valence-electron chi connectivity index (χ1n) is 9.93. The van der Waals surface area contributed by atoms with Crippen LogP contribution in [-0.2, 0) is 16.6 Å². The minimum atomic E-state index is -0.175. The van der Waals surface area contributed by atoms with Crippen LogP contribution in [0.25, 0.3) is 11.1 Å². The summed E-state index contributed by atoms with van der Waals surface area (Å²) in [6.45, 7) is 8.12. The summed E-state index contributed by atoms with van der Waals surface area (Å²) in [6, 6.07) is 4.10. The van der Waals surface area contributed by atoms with Crippen molar-refractivity contribution in [2.75, 3.05) is 31.6 Å². The summed E-state index contributed by atoms with van der Waals surface area (Å²) < 4.78 is 7.78. The summed E-state index contributed by atoms with van der Waals surface area (Å²) >= 11 is 1.50. The Bertz CT molecular complexity index is 1040. The molecule has 0 aromatic carbocycles. The zero-order valence-electron chi connectivity index (χ0n) is 17.7. The Balaban J connectivity index is 1.43. The van der Waals surface area contributed by atoms with Gasteiger partial charge in [0.2, 0.25) is 5.91 Å². The van der Waals surface area contributed by atoms with Crippen LogP contribution in [0.5, 0.6) is 0 Å². The quantitative estimate of drug-likeness (QED) is 0.675. The van der Waals surface area contributed by atoms with Crippen molar-refractivity contribution >= 4 is 22.4 Å². The van der Waals surface area contributed by atoms with Gasteiger partial charge in [0.1, 0.15) is 6.10 Å². The minimum Gasteiger partial charge on any atom is -0.369 e. The number of rotatable bonds is 5. The van der Waals surface area contributed by atoms with Gasteiger partial charge in [-0.15, -0.1) is 11.3 Å². The molecule has 1 atom stereocenters. The average Bonchev–Trinajstić information content (AvgIpc) is 3.26. The number of aromatic nitrogens is 4. The highest BCUT2D eigenvalue weighted by atomic mass is 32.1. The molecular weight excluding hydrogens is 400 g/mol. The largest absolute Gasteiger partial charge is 0.369 e. The third-order valence-electron chi connectivity index (χ3n) is 5.13. The molecule has 0 unspecified atom stereocenters. The van der Waals surface area contributed by atoms with Crippen molar-refractivity contribution in [3.8, 4) is 11.1 Å². The van der Waals surface area contributed by atoms with Crippen molar-refractivity contribution in [1.82, 2.24) is 24.6 Å². The smallest absolute Gasteiger partial charge is 0.240 e. The molecule has 1 amide bonds. The molecule has 9 heteroatoms. The molecule has 0 radical (unpaired) electrons. The molecule has 4 heterocycles. The number of thiazole rings is 1. The van der Waals surface area contributed by atoms with Gasteiger partial charge in [0, 0.05) is 42.5 Å². The summed E-state index contributed by atoms with van der Waals surface area (Å²) in [7, 11) is 1.90. The van der Waals surface area contributed by atoms with Gasteiger partial charge in [0.15, 0.2) is 5.13 Å². The van der Waals surface area contributed by atoms with E-state index < -0.39 is 0 Å². The van der Waals surface area contributed by atoms with Gasteiger partial charge >= 0.3 is 0 Å². The predicted molar refractivity (Wildman–Crippen MR) is 117 cm³/mol. The van der Waals surface area contributed by atoms with Crippen molar-refractivity contribution in [3.05, 3.63) is 46.5 Å². The van der Waals surface area contributed by atoms with Crippen molar-refractivity contribution in [1.29, 1.82) is 0 Å². The molecule has 0 spiro atoms. The van der Waals surface area contributed by atoms with Gasteiger partial charge in [-0.3, -0.25) is 19.4 Å². The second-order valence-electron chi connectivity index (χ2n) is 7.63. The summed E-state index contributed by atoms with van der Waals surface area (Å²) in [5.74, 6) is -0.0577. The predicted octanol–water partition coefficient (Wildman–Crippen LogP) is 2.88. The lowest BCUT2D eigenvalue weighted by Crippen LogP contribution is -2.42. The summed E-state index contributed by atoms with van der Waals surface area (Å²) in [5.41, 5.74) is 4.88. The summed E-state index contributed by atoms with van der Waals surface area (Å²) in [4.78, 5) is 24.8. The number of carbonyl (C=O) groups is 1. The Kier molecular flexibility index (Phi) is 5.94. The van der Waals surface area contributed by atoms with Crippen LogP contribution in [-0.4, -0.2) is 56.8 Å². The lowest BCUT2D eigenvalue weighted by molar-refractivity contribution is -0.119. The molecule has 1 saturated heterocycles. The fourth-order valence-electron chi connectivity index (χ4n) is 3.51. The van der Waals surface area contributed by atoms with Gasteiger partial charge in [-0.1, -0.05) is 0 Å². The molecule has 0 saturated carbocycles. The van der Waals surface area contributed by atoms with Crippen LogP contribution in [0.1, 0.15) is 28.1 Å². The Morgan fingerprint density at radius 1 is 1.27 bits per heavy atom. The fraction of sp³-hybridized carbons (Fsp3) is 0.429. The van der Waals surface area contributed by atoms with Crippen molar-refractivity contribution in [2.24, 2.45) is 7.05 Å². The first kappa shape index (κ1) is 20.6. The Labute approximate surface area is 179 Å². The van der Waals surface area contributed by atoms with E-state index in [1.165, 1.54) is 11.3 Å². The van der Waals surface area contributed by atoms with E-state index in [4.69, 9.17) is 9.72 Å². The molecule has 0 bridgehead atoms. The number of ether oxygens (including phenoxy) is 1. The fourth-order valence-corrected chi connectivity index (χ4v) is 4.34. The van der Waals surface area contributed by atoms with Gasteiger partial charge in [-0.05, 0) is 38.5 Å². The van der Waals surface area contributed by atoms with Crippen molar-refractivity contribution in [3.63, 3.8) is 0 Å². The van der Waals surface area contributed by atoms with Crippen LogP contribution in [0.4, 0.5) is 5.13 Å². The Hall–Kier alpha value is -2.62. The Morgan fingerprint density at radius 3 is 2.80 bits per heavy atom. The highest BCUT2D eigenvalue weighted by Crippen LogP contribution is 2.27. The van der Waals surface area contributed by atoms with E-state index >= 15 is 0 Å². The minimum absolute atomic E-state index is 0.0577. The highest BCUT2D eigenvalue weighted by molar-refractivity contribution is 7.15. The maximum absolute atomic E-state index is 12.5. The number of amides is 1. The standard InChI is InChI=1S/C21H26N6O2S/c1-13-7-16(17-9-22-26(4)10-17)8-18(23-13)19-11-27(5-6-29-19)12-20(28)25-21-24-14(2)15(3)30-21/h7-10,19H,5-6,11-12H2,1-4H3,(H,24,25,28)/t19-/m1/s1. The number of morpholine rings is 1. The van der Waals surface area contributed by atoms with Crippen LogP contribution in [0.2, 0.25) is 0 Å². The maximum Gasteiger partial charge on any atom is 0.240 e. The van der Waals surface area contributed by atoms with Gasteiger partial charge in [-0.2, -0.15) is 5.10 Å². The van der Waals surface area contributed by atoms with Crippen LogP contribution >= 0.6 is 11.3 Å².